The Hall–Kier alpha value is -0.220. The highest BCUT2D eigenvalue weighted by Gasteiger charge is 2.09. The van der Waals surface area contributed by atoms with Crippen molar-refractivity contribution in [3.05, 3.63) is 0 Å². The molecule has 0 spiro atoms. The van der Waals surface area contributed by atoms with Gasteiger partial charge in [-0.2, -0.15) is 11.8 Å². The van der Waals surface area contributed by atoms with Gasteiger partial charge in [-0.25, -0.2) is 0 Å². The number of hydrogen-bond acceptors (Lipinski definition) is 3. The molecule has 0 fully saturated rings. The Bertz CT molecular complexity index is 153. The van der Waals surface area contributed by atoms with E-state index in [-0.39, 0.29) is 11.9 Å². The fourth-order valence-corrected chi connectivity index (χ4v) is 1.58. The van der Waals surface area contributed by atoms with Crippen LogP contribution in [0.1, 0.15) is 32.6 Å². The number of nitrogens with one attached hydrogen (secondary N) is 1. The van der Waals surface area contributed by atoms with E-state index in [0.717, 1.165) is 25.0 Å². The van der Waals surface area contributed by atoms with Gasteiger partial charge in [-0.05, 0) is 12.7 Å². The molecule has 0 aromatic rings. The monoisotopic (exact) mass is 218 g/mol. The highest BCUT2D eigenvalue weighted by atomic mass is 32.2. The summed E-state index contributed by atoms with van der Waals surface area (Å²) in [5, 5.41) is 2.96. The molecule has 4 heteroatoms. The highest BCUT2D eigenvalue weighted by Crippen LogP contribution is 2.01. The average molecular weight is 218 g/mol. The summed E-state index contributed by atoms with van der Waals surface area (Å²) in [4.78, 5) is 11.4. The summed E-state index contributed by atoms with van der Waals surface area (Å²) >= 11 is 1.69. The average Bonchev–Trinajstić information content (AvgIpc) is 2.21. The molecule has 0 bridgehead atoms. The van der Waals surface area contributed by atoms with Crippen molar-refractivity contribution < 1.29 is 4.79 Å². The molecule has 0 aromatic heterocycles. The van der Waals surface area contributed by atoms with Crippen LogP contribution in [0.5, 0.6) is 0 Å². The first kappa shape index (κ1) is 13.8. The molecule has 0 aromatic carbocycles. The number of carbonyl (C=O) groups excluding carboxylic acids is 1. The van der Waals surface area contributed by atoms with E-state index in [2.05, 4.69) is 12.2 Å². The first-order valence-corrected chi connectivity index (χ1v) is 6.62. The number of carbonyl (C=O) groups is 1. The normalized spacial score (nSPS) is 12.5. The molecule has 0 radical (unpaired) electrons. The van der Waals surface area contributed by atoms with Crippen LogP contribution in [0.2, 0.25) is 0 Å². The molecule has 0 aliphatic rings. The van der Waals surface area contributed by atoms with Gasteiger partial charge in [0.05, 0.1) is 0 Å². The van der Waals surface area contributed by atoms with Crippen LogP contribution >= 0.6 is 11.8 Å². The Morgan fingerprint density at radius 3 is 2.79 bits per heavy atom. The van der Waals surface area contributed by atoms with Gasteiger partial charge in [0.1, 0.15) is 0 Å². The second-order valence-corrected chi connectivity index (χ2v) is 4.37. The topological polar surface area (TPSA) is 55.1 Å². The summed E-state index contributed by atoms with van der Waals surface area (Å²) in [5.41, 5.74) is 5.57. The van der Waals surface area contributed by atoms with E-state index >= 15 is 0 Å². The standard InChI is InChI=1S/C10H22N2OS/c1-3-4-5-9(8-11)12-10(13)6-7-14-2/h9H,3-8,11H2,1-2H3,(H,12,13). The fraction of sp³-hybridized carbons (Fsp3) is 0.900. The SMILES string of the molecule is CCCCC(CN)NC(=O)CCSC. The van der Waals surface area contributed by atoms with Crippen LogP contribution in [-0.4, -0.2) is 30.5 Å². The second-order valence-electron chi connectivity index (χ2n) is 3.39. The highest BCUT2D eigenvalue weighted by molar-refractivity contribution is 7.98. The number of rotatable bonds is 8. The van der Waals surface area contributed by atoms with Gasteiger partial charge in [0.2, 0.25) is 5.91 Å². The van der Waals surface area contributed by atoms with Crippen molar-refractivity contribution in [3.63, 3.8) is 0 Å². The van der Waals surface area contributed by atoms with Crippen molar-refractivity contribution >= 4 is 17.7 Å². The second kappa shape index (κ2) is 9.34. The van der Waals surface area contributed by atoms with Crippen molar-refractivity contribution in [2.45, 2.75) is 38.6 Å². The summed E-state index contributed by atoms with van der Waals surface area (Å²) in [6, 6.07) is 0.171. The number of unbranched alkanes of at least 4 members (excludes halogenated alkanes) is 1. The van der Waals surface area contributed by atoms with E-state index in [1.165, 1.54) is 0 Å². The Kier molecular flexibility index (Phi) is 9.19. The summed E-state index contributed by atoms with van der Waals surface area (Å²) < 4.78 is 0. The van der Waals surface area contributed by atoms with Crippen LogP contribution in [-0.2, 0) is 4.79 Å². The summed E-state index contributed by atoms with van der Waals surface area (Å²) in [6.45, 7) is 2.69. The van der Waals surface area contributed by atoms with Crippen LogP contribution in [0.4, 0.5) is 0 Å². The Balaban J connectivity index is 3.62. The van der Waals surface area contributed by atoms with E-state index < -0.39 is 0 Å². The molecule has 14 heavy (non-hydrogen) atoms. The summed E-state index contributed by atoms with van der Waals surface area (Å²) in [5.74, 6) is 1.02. The predicted molar refractivity (Wildman–Crippen MR) is 63.5 cm³/mol. The van der Waals surface area contributed by atoms with Crippen LogP contribution < -0.4 is 11.1 Å². The van der Waals surface area contributed by atoms with Crippen LogP contribution in [0, 0.1) is 0 Å². The molecular formula is C10H22N2OS. The van der Waals surface area contributed by atoms with Gasteiger partial charge >= 0.3 is 0 Å². The Labute approximate surface area is 91.2 Å². The largest absolute Gasteiger partial charge is 0.352 e. The van der Waals surface area contributed by atoms with Crippen LogP contribution in [0.15, 0.2) is 0 Å². The minimum Gasteiger partial charge on any atom is -0.352 e. The molecule has 0 saturated heterocycles. The predicted octanol–water partition coefficient (Wildman–Crippen LogP) is 1.37. The minimum atomic E-state index is 0.130. The van der Waals surface area contributed by atoms with Crippen molar-refractivity contribution in [3.8, 4) is 0 Å². The maximum Gasteiger partial charge on any atom is 0.221 e. The van der Waals surface area contributed by atoms with E-state index in [1.54, 1.807) is 11.8 Å². The quantitative estimate of drug-likeness (QED) is 0.647. The molecule has 3 nitrogen and oxygen atoms in total. The lowest BCUT2D eigenvalue weighted by molar-refractivity contribution is -0.121. The minimum absolute atomic E-state index is 0.130. The zero-order valence-electron chi connectivity index (χ0n) is 9.21. The third-order valence-corrected chi connectivity index (χ3v) is 2.70. The Morgan fingerprint density at radius 1 is 1.57 bits per heavy atom. The third-order valence-electron chi connectivity index (χ3n) is 2.09. The maximum atomic E-state index is 11.4. The van der Waals surface area contributed by atoms with Crippen molar-refractivity contribution in [1.29, 1.82) is 0 Å². The fourth-order valence-electron chi connectivity index (χ4n) is 1.19. The van der Waals surface area contributed by atoms with Gasteiger partial charge < -0.3 is 11.1 Å². The first-order valence-electron chi connectivity index (χ1n) is 5.23. The molecule has 0 aliphatic carbocycles. The lowest BCUT2D eigenvalue weighted by atomic mass is 10.1. The van der Waals surface area contributed by atoms with E-state index in [4.69, 9.17) is 5.73 Å². The molecule has 0 heterocycles. The smallest absolute Gasteiger partial charge is 0.221 e. The van der Waals surface area contributed by atoms with E-state index in [9.17, 15) is 4.79 Å². The molecular weight excluding hydrogens is 196 g/mol. The zero-order chi connectivity index (χ0) is 10.8. The maximum absolute atomic E-state index is 11.4. The van der Waals surface area contributed by atoms with E-state index in [0.29, 0.717) is 13.0 Å². The molecule has 1 atom stereocenters. The summed E-state index contributed by atoms with van der Waals surface area (Å²) in [6.07, 6.45) is 5.88. The number of hydrogen-bond donors (Lipinski definition) is 2. The van der Waals surface area contributed by atoms with E-state index in [1.807, 2.05) is 6.26 Å². The third kappa shape index (κ3) is 7.21. The lowest BCUT2D eigenvalue weighted by Gasteiger charge is -2.16. The number of nitrogens with two attached hydrogens (primary N) is 1. The van der Waals surface area contributed by atoms with Gasteiger partial charge in [0.15, 0.2) is 0 Å². The summed E-state index contributed by atoms with van der Waals surface area (Å²) in [7, 11) is 0. The van der Waals surface area contributed by atoms with Gasteiger partial charge in [-0.15, -0.1) is 0 Å². The molecule has 1 unspecified atom stereocenters. The molecule has 3 N–H and O–H groups in total. The Morgan fingerprint density at radius 2 is 2.29 bits per heavy atom. The molecule has 84 valence electrons. The molecule has 1 amide bonds. The van der Waals surface area contributed by atoms with Crippen LogP contribution in [0.25, 0.3) is 0 Å². The van der Waals surface area contributed by atoms with Gasteiger partial charge in [-0.1, -0.05) is 19.8 Å². The number of thioether (sulfide) groups is 1. The molecule has 0 aliphatic heterocycles. The lowest BCUT2D eigenvalue weighted by Crippen LogP contribution is -2.40. The van der Waals surface area contributed by atoms with Crippen molar-refractivity contribution in [1.82, 2.24) is 5.32 Å². The first-order chi connectivity index (χ1) is 6.74. The van der Waals surface area contributed by atoms with Crippen LogP contribution in [0.3, 0.4) is 0 Å². The number of amides is 1. The molecule has 0 rings (SSSR count). The van der Waals surface area contributed by atoms with Gasteiger partial charge in [-0.3, -0.25) is 4.79 Å². The van der Waals surface area contributed by atoms with Crippen molar-refractivity contribution in [2.24, 2.45) is 5.73 Å². The zero-order valence-corrected chi connectivity index (χ0v) is 10.0. The molecule has 0 saturated carbocycles. The van der Waals surface area contributed by atoms with Crippen molar-refractivity contribution in [2.75, 3.05) is 18.6 Å². The van der Waals surface area contributed by atoms with Gasteiger partial charge in [0, 0.05) is 24.8 Å². The van der Waals surface area contributed by atoms with Gasteiger partial charge in [0.25, 0.3) is 0 Å².